The number of para-hydroxylation sites is 1. The lowest BCUT2D eigenvalue weighted by atomic mass is 9.78. The molecule has 0 bridgehead atoms. The van der Waals surface area contributed by atoms with Crippen LogP contribution >= 0.6 is 0 Å². The molecule has 0 radical (unpaired) electrons. The Kier molecular flexibility index (Phi) is 2.22. The Hall–Kier alpha value is -2.29. The Balaban J connectivity index is 1.80. The van der Waals surface area contributed by atoms with Crippen LogP contribution in [-0.2, 0) is 10.2 Å². The SMILES string of the molecule is NC1=CC2=C(CC=C1)CC1(C2)C(=O)Nc2ccccc21. The number of allylic oxidation sites excluding steroid dienone is 5. The van der Waals surface area contributed by atoms with Crippen LogP contribution < -0.4 is 11.1 Å². The molecule has 1 spiro atoms. The van der Waals surface area contributed by atoms with E-state index in [2.05, 4.69) is 17.5 Å². The van der Waals surface area contributed by atoms with Gasteiger partial charge in [0, 0.05) is 11.4 Å². The van der Waals surface area contributed by atoms with Crippen LogP contribution in [0.15, 0.2) is 59.3 Å². The second kappa shape index (κ2) is 3.85. The standard InChI is InChI=1S/C17H16N2O/c18-13-5-3-4-11-9-17(10-12(11)8-13)14-6-1-2-7-15(14)19-16(17)20/h1-3,5-8H,4,9-10,18H2,(H,19,20). The molecule has 0 aromatic heterocycles. The van der Waals surface area contributed by atoms with Crippen molar-refractivity contribution in [3.8, 4) is 0 Å². The molecule has 0 saturated heterocycles. The van der Waals surface area contributed by atoms with Crippen LogP contribution in [0.2, 0.25) is 0 Å². The third-order valence-electron chi connectivity index (χ3n) is 4.60. The fourth-order valence-electron chi connectivity index (χ4n) is 3.66. The lowest BCUT2D eigenvalue weighted by Gasteiger charge is -2.22. The molecule has 0 fully saturated rings. The molecular formula is C17H16N2O. The first-order valence-corrected chi connectivity index (χ1v) is 6.95. The lowest BCUT2D eigenvalue weighted by molar-refractivity contribution is -0.120. The van der Waals surface area contributed by atoms with Crippen molar-refractivity contribution in [2.24, 2.45) is 5.73 Å². The average Bonchev–Trinajstić information content (AvgIpc) is 2.85. The van der Waals surface area contributed by atoms with Gasteiger partial charge in [0.1, 0.15) is 0 Å². The van der Waals surface area contributed by atoms with Crippen molar-refractivity contribution in [2.45, 2.75) is 24.7 Å². The van der Waals surface area contributed by atoms with Gasteiger partial charge < -0.3 is 11.1 Å². The van der Waals surface area contributed by atoms with Crippen LogP contribution in [0.4, 0.5) is 5.69 Å². The van der Waals surface area contributed by atoms with Gasteiger partial charge in [-0.15, -0.1) is 0 Å². The summed E-state index contributed by atoms with van der Waals surface area (Å²) in [4.78, 5) is 12.6. The summed E-state index contributed by atoms with van der Waals surface area (Å²) in [5.41, 5.74) is 11.0. The minimum absolute atomic E-state index is 0.128. The summed E-state index contributed by atoms with van der Waals surface area (Å²) >= 11 is 0. The van der Waals surface area contributed by atoms with Crippen molar-refractivity contribution >= 4 is 11.6 Å². The maximum absolute atomic E-state index is 12.6. The van der Waals surface area contributed by atoms with E-state index in [0.29, 0.717) is 0 Å². The zero-order chi connectivity index (χ0) is 13.7. The molecule has 3 heteroatoms. The Morgan fingerprint density at radius 1 is 1.20 bits per heavy atom. The first kappa shape index (κ1) is 11.5. The molecule has 100 valence electrons. The van der Waals surface area contributed by atoms with Gasteiger partial charge in [0.2, 0.25) is 5.91 Å². The summed E-state index contributed by atoms with van der Waals surface area (Å²) in [6.45, 7) is 0. The van der Waals surface area contributed by atoms with Crippen LogP contribution in [0.3, 0.4) is 0 Å². The maximum atomic E-state index is 12.6. The molecule has 3 N–H and O–H groups in total. The van der Waals surface area contributed by atoms with Crippen LogP contribution in [0, 0.1) is 0 Å². The molecule has 4 rings (SSSR count). The van der Waals surface area contributed by atoms with Crippen molar-refractivity contribution in [3.63, 3.8) is 0 Å². The van der Waals surface area contributed by atoms with Gasteiger partial charge in [0.25, 0.3) is 0 Å². The molecule has 1 aromatic rings. The highest BCUT2D eigenvalue weighted by Gasteiger charge is 2.50. The van der Waals surface area contributed by atoms with Gasteiger partial charge in [-0.05, 0) is 48.6 Å². The van der Waals surface area contributed by atoms with Crippen molar-refractivity contribution in [2.75, 3.05) is 5.32 Å². The highest BCUT2D eigenvalue weighted by molar-refractivity contribution is 6.07. The highest BCUT2D eigenvalue weighted by atomic mass is 16.2. The number of amides is 1. The van der Waals surface area contributed by atoms with Gasteiger partial charge in [0.05, 0.1) is 5.41 Å². The highest BCUT2D eigenvalue weighted by Crippen LogP contribution is 2.52. The summed E-state index contributed by atoms with van der Waals surface area (Å²) in [5, 5.41) is 3.03. The van der Waals surface area contributed by atoms with Crippen molar-refractivity contribution < 1.29 is 4.79 Å². The fourth-order valence-corrected chi connectivity index (χ4v) is 3.66. The molecule has 1 heterocycles. The van der Waals surface area contributed by atoms with E-state index in [4.69, 9.17) is 5.73 Å². The summed E-state index contributed by atoms with van der Waals surface area (Å²) < 4.78 is 0. The number of benzene rings is 1. The number of carbonyl (C=O) groups excluding carboxylic acids is 1. The monoisotopic (exact) mass is 264 g/mol. The molecule has 2 aliphatic carbocycles. The Bertz CT molecular complexity index is 711. The van der Waals surface area contributed by atoms with Gasteiger partial charge in [-0.2, -0.15) is 0 Å². The first-order valence-electron chi connectivity index (χ1n) is 6.95. The molecule has 3 aliphatic rings. The summed E-state index contributed by atoms with van der Waals surface area (Å²) in [5.74, 6) is 0.128. The van der Waals surface area contributed by atoms with E-state index < -0.39 is 5.41 Å². The van der Waals surface area contributed by atoms with Gasteiger partial charge in [-0.1, -0.05) is 29.8 Å². The number of nitrogens with two attached hydrogens (primary N) is 1. The number of hydrogen-bond donors (Lipinski definition) is 2. The molecule has 1 aromatic carbocycles. The molecule has 1 aliphatic heterocycles. The lowest BCUT2D eigenvalue weighted by Crippen LogP contribution is -2.32. The molecule has 1 unspecified atom stereocenters. The predicted molar refractivity (Wildman–Crippen MR) is 79.0 cm³/mol. The second-order valence-electron chi connectivity index (χ2n) is 5.81. The fraction of sp³-hybridized carbons (Fsp3) is 0.235. The zero-order valence-electron chi connectivity index (χ0n) is 11.1. The maximum Gasteiger partial charge on any atom is 0.235 e. The van der Waals surface area contributed by atoms with Gasteiger partial charge in [-0.25, -0.2) is 0 Å². The normalized spacial score (nSPS) is 27.2. The molecule has 1 atom stereocenters. The van der Waals surface area contributed by atoms with E-state index in [-0.39, 0.29) is 5.91 Å². The second-order valence-corrected chi connectivity index (χ2v) is 5.81. The Morgan fingerprint density at radius 2 is 2.05 bits per heavy atom. The minimum atomic E-state index is -0.413. The summed E-state index contributed by atoms with van der Waals surface area (Å²) in [6.07, 6.45) is 8.53. The summed E-state index contributed by atoms with van der Waals surface area (Å²) in [6, 6.07) is 8.03. The molecule has 1 amide bonds. The van der Waals surface area contributed by atoms with E-state index in [1.54, 1.807) is 0 Å². The van der Waals surface area contributed by atoms with Gasteiger partial charge >= 0.3 is 0 Å². The predicted octanol–water partition coefficient (Wildman–Crippen LogP) is 2.77. The number of fused-ring (bicyclic) bond motifs is 2. The first-order chi connectivity index (χ1) is 9.69. The smallest absolute Gasteiger partial charge is 0.235 e. The Morgan fingerprint density at radius 3 is 2.95 bits per heavy atom. The van der Waals surface area contributed by atoms with E-state index in [0.717, 1.165) is 36.2 Å². The third-order valence-corrected chi connectivity index (χ3v) is 4.60. The summed E-state index contributed by atoms with van der Waals surface area (Å²) in [7, 11) is 0. The number of anilines is 1. The van der Waals surface area contributed by atoms with Crippen LogP contribution in [0.5, 0.6) is 0 Å². The minimum Gasteiger partial charge on any atom is -0.399 e. The molecular weight excluding hydrogens is 248 g/mol. The Labute approximate surface area is 117 Å². The molecule has 3 nitrogen and oxygen atoms in total. The topological polar surface area (TPSA) is 55.1 Å². The quantitative estimate of drug-likeness (QED) is 0.757. The largest absolute Gasteiger partial charge is 0.399 e. The number of nitrogens with one attached hydrogen (secondary N) is 1. The average molecular weight is 264 g/mol. The van der Waals surface area contributed by atoms with Crippen LogP contribution in [0.25, 0.3) is 0 Å². The number of hydrogen-bond acceptors (Lipinski definition) is 2. The van der Waals surface area contributed by atoms with E-state index in [1.165, 1.54) is 11.1 Å². The van der Waals surface area contributed by atoms with Gasteiger partial charge in [0.15, 0.2) is 0 Å². The van der Waals surface area contributed by atoms with Gasteiger partial charge in [-0.3, -0.25) is 4.79 Å². The van der Waals surface area contributed by atoms with Crippen LogP contribution in [0.1, 0.15) is 24.8 Å². The van der Waals surface area contributed by atoms with E-state index in [9.17, 15) is 4.79 Å². The third kappa shape index (κ3) is 1.43. The van der Waals surface area contributed by atoms with Crippen LogP contribution in [-0.4, -0.2) is 5.91 Å². The van der Waals surface area contributed by atoms with E-state index >= 15 is 0 Å². The number of rotatable bonds is 0. The number of carbonyl (C=O) groups is 1. The zero-order valence-corrected chi connectivity index (χ0v) is 11.1. The van der Waals surface area contributed by atoms with Crippen molar-refractivity contribution in [1.82, 2.24) is 0 Å². The van der Waals surface area contributed by atoms with E-state index in [1.807, 2.05) is 30.4 Å². The van der Waals surface area contributed by atoms with Crippen molar-refractivity contribution in [3.05, 3.63) is 64.9 Å². The molecule has 20 heavy (non-hydrogen) atoms. The van der Waals surface area contributed by atoms with Crippen molar-refractivity contribution in [1.29, 1.82) is 0 Å². The molecule has 0 saturated carbocycles.